The van der Waals surface area contributed by atoms with Crippen LogP contribution in [-0.4, -0.2) is 32.0 Å². The van der Waals surface area contributed by atoms with Crippen LogP contribution < -0.4 is 5.73 Å². The van der Waals surface area contributed by atoms with E-state index >= 15 is 0 Å². The van der Waals surface area contributed by atoms with Crippen LogP contribution in [0.5, 0.6) is 0 Å². The molecule has 1 rings (SSSR count). The molecule has 1 aromatic rings. The lowest BCUT2D eigenvalue weighted by Crippen LogP contribution is -2.39. The minimum absolute atomic E-state index is 0.129. The summed E-state index contributed by atoms with van der Waals surface area (Å²) < 4.78 is 62.4. The van der Waals surface area contributed by atoms with Gasteiger partial charge in [-0.15, -0.1) is 0 Å². The first kappa shape index (κ1) is 17.3. The van der Waals surface area contributed by atoms with Gasteiger partial charge in [0.2, 0.25) is 10.0 Å². The number of benzene rings is 1. The molecule has 0 fully saturated rings. The Kier molecular flexibility index (Phi) is 5.20. The number of halogens is 3. The van der Waals surface area contributed by atoms with Crippen molar-refractivity contribution in [3.05, 3.63) is 23.8 Å². The van der Waals surface area contributed by atoms with Gasteiger partial charge in [0.15, 0.2) is 0 Å². The third-order valence-electron chi connectivity index (χ3n) is 2.59. The second-order valence-corrected chi connectivity index (χ2v) is 6.22. The normalized spacial score (nSPS) is 12.4. The Morgan fingerprint density at radius 3 is 2.43 bits per heavy atom. The number of hydrogen-bond acceptors (Lipinski definition) is 4. The van der Waals surface area contributed by atoms with Gasteiger partial charge in [0.1, 0.15) is 11.4 Å². The molecule has 0 spiro atoms. The summed E-state index contributed by atoms with van der Waals surface area (Å²) in [5.74, 6) is 0. The quantitative estimate of drug-likeness (QED) is 0.841. The number of rotatable bonds is 5. The number of sulfonamides is 1. The zero-order chi connectivity index (χ0) is 16.3. The van der Waals surface area contributed by atoms with E-state index in [2.05, 4.69) is 0 Å². The Balaban J connectivity index is 3.26. The molecule has 0 atom stereocenters. The first-order valence-corrected chi connectivity index (χ1v) is 7.42. The van der Waals surface area contributed by atoms with E-state index in [1.807, 2.05) is 0 Å². The van der Waals surface area contributed by atoms with E-state index in [-0.39, 0.29) is 24.2 Å². The van der Waals surface area contributed by atoms with Crippen LogP contribution in [0.4, 0.5) is 18.9 Å². The van der Waals surface area contributed by atoms with Gasteiger partial charge < -0.3 is 5.73 Å². The number of anilines is 1. The predicted octanol–water partition coefficient (Wildman–Crippen LogP) is 2.10. The van der Waals surface area contributed by atoms with Gasteiger partial charge in [-0.05, 0) is 24.6 Å². The van der Waals surface area contributed by atoms with Crippen LogP contribution in [-0.2, 0) is 10.0 Å². The van der Waals surface area contributed by atoms with Crippen LogP contribution in [0.2, 0.25) is 0 Å². The summed E-state index contributed by atoms with van der Waals surface area (Å²) in [6.07, 6.45) is -4.42. The van der Waals surface area contributed by atoms with E-state index in [1.54, 1.807) is 13.0 Å². The Morgan fingerprint density at radius 1 is 1.38 bits per heavy atom. The van der Waals surface area contributed by atoms with E-state index in [4.69, 9.17) is 11.0 Å². The summed E-state index contributed by atoms with van der Waals surface area (Å²) in [7, 11) is -4.37. The standard InChI is InChI=1S/C12H14F3N3O2S/c1-2-5-18(8-12(13,14)15)21(19,20)11-4-3-9(7-16)6-10(11)17/h3-4,6H,2,5,8,17H2,1H3. The molecule has 21 heavy (non-hydrogen) atoms. The molecule has 1 aromatic carbocycles. The number of nitriles is 1. The number of hydrogen-bond donors (Lipinski definition) is 1. The molecule has 116 valence electrons. The molecule has 0 aliphatic rings. The average molecular weight is 321 g/mol. The zero-order valence-electron chi connectivity index (χ0n) is 11.2. The van der Waals surface area contributed by atoms with E-state index in [0.717, 1.165) is 12.1 Å². The molecule has 0 unspecified atom stereocenters. The third kappa shape index (κ3) is 4.34. The lowest BCUT2D eigenvalue weighted by molar-refractivity contribution is -0.136. The van der Waals surface area contributed by atoms with Gasteiger partial charge in [-0.2, -0.15) is 22.7 Å². The molecule has 2 N–H and O–H groups in total. The van der Waals surface area contributed by atoms with E-state index in [1.165, 1.54) is 6.07 Å². The maximum absolute atomic E-state index is 12.5. The minimum atomic E-state index is -4.65. The fourth-order valence-corrected chi connectivity index (χ4v) is 3.34. The summed E-state index contributed by atoms with van der Waals surface area (Å²) in [4.78, 5) is -0.431. The molecule has 0 aliphatic carbocycles. The summed E-state index contributed by atoms with van der Waals surface area (Å²) in [5.41, 5.74) is 5.42. The highest BCUT2D eigenvalue weighted by atomic mass is 32.2. The molecule has 0 radical (unpaired) electrons. The van der Waals surface area contributed by atoms with Crippen molar-refractivity contribution in [2.45, 2.75) is 24.4 Å². The maximum atomic E-state index is 12.5. The van der Waals surface area contributed by atoms with Gasteiger partial charge in [-0.25, -0.2) is 8.42 Å². The largest absolute Gasteiger partial charge is 0.402 e. The highest BCUT2D eigenvalue weighted by molar-refractivity contribution is 7.89. The summed E-state index contributed by atoms with van der Waals surface area (Å²) >= 11 is 0. The fourth-order valence-electron chi connectivity index (χ4n) is 1.73. The van der Waals surface area contributed by atoms with Crippen molar-refractivity contribution in [1.82, 2.24) is 4.31 Å². The van der Waals surface area contributed by atoms with Crippen LogP contribution in [0.25, 0.3) is 0 Å². The van der Waals surface area contributed by atoms with Gasteiger partial charge in [-0.3, -0.25) is 0 Å². The van der Waals surface area contributed by atoms with Crippen LogP contribution in [0.1, 0.15) is 18.9 Å². The average Bonchev–Trinajstić information content (AvgIpc) is 2.36. The van der Waals surface area contributed by atoms with Crippen molar-refractivity contribution < 1.29 is 21.6 Å². The molecular formula is C12H14F3N3O2S. The molecule has 0 saturated heterocycles. The number of nitrogens with two attached hydrogens (primary N) is 1. The molecular weight excluding hydrogens is 307 g/mol. The smallest absolute Gasteiger partial charge is 0.398 e. The van der Waals surface area contributed by atoms with Crippen molar-refractivity contribution >= 4 is 15.7 Å². The summed E-state index contributed by atoms with van der Waals surface area (Å²) in [5, 5.41) is 8.69. The van der Waals surface area contributed by atoms with Gasteiger partial charge in [0, 0.05) is 6.54 Å². The van der Waals surface area contributed by atoms with Crippen LogP contribution in [0.15, 0.2) is 23.1 Å². The van der Waals surface area contributed by atoms with Crippen molar-refractivity contribution in [3.63, 3.8) is 0 Å². The second kappa shape index (κ2) is 6.32. The third-order valence-corrected chi connectivity index (χ3v) is 4.50. The van der Waals surface area contributed by atoms with Crippen LogP contribution in [0.3, 0.4) is 0 Å². The lowest BCUT2D eigenvalue weighted by Gasteiger charge is -2.23. The Bertz CT molecular complexity index is 651. The van der Waals surface area contributed by atoms with Gasteiger partial charge >= 0.3 is 6.18 Å². The highest BCUT2D eigenvalue weighted by Gasteiger charge is 2.37. The first-order chi connectivity index (χ1) is 9.61. The van der Waals surface area contributed by atoms with Crippen molar-refractivity contribution in [2.24, 2.45) is 0 Å². The lowest BCUT2D eigenvalue weighted by atomic mass is 10.2. The second-order valence-electron chi connectivity index (χ2n) is 4.32. The summed E-state index contributed by atoms with van der Waals surface area (Å²) in [6.45, 7) is -0.287. The van der Waals surface area contributed by atoms with Gasteiger partial charge in [-0.1, -0.05) is 6.92 Å². The van der Waals surface area contributed by atoms with Gasteiger partial charge in [0.05, 0.1) is 17.3 Å². The van der Waals surface area contributed by atoms with Crippen molar-refractivity contribution in [2.75, 3.05) is 18.8 Å². The van der Waals surface area contributed by atoms with E-state index in [9.17, 15) is 21.6 Å². The summed E-state index contributed by atoms with van der Waals surface area (Å²) in [6, 6.07) is 5.13. The molecule has 0 saturated carbocycles. The molecule has 0 heterocycles. The Morgan fingerprint density at radius 2 is 2.00 bits per heavy atom. The van der Waals surface area contributed by atoms with Crippen molar-refractivity contribution in [3.8, 4) is 6.07 Å². The topological polar surface area (TPSA) is 87.2 Å². The molecule has 0 aliphatic heterocycles. The van der Waals surface area contributed by atoms with Gasteiger partial charge in [0.25, 0.3) is 0 Å². The number of nitrogens with zero attached hydrogens (tertiary/aromatic N) is 2. The molecule has 0 bridgehead atoms. The van der Waals surface area contributed by atoms with Crippen LogP contribution >= 0.6 is 0 Å². The van der Waals surface area contributed by atoms with Crippen LogP contribution in [0, 0.1) is 11.3 Å². The SMILES string of the molecule is CCCN(CC(F)(F)F)S(=O)(=O)c1ccc(C#N)cc1N. The molecule has 5 nitrogen and oxygen atoms in total. The molecule has 9 heteroatoms. The van der Waals surface area contributed by atoms with E-state index in [0.29, 0.717) is 4.31 Å². The highest BCUT2D eigenvalue weighted by Crippen LogP contribution is 2.26. The Hall–Kier alpha value is -1.79. The monoisotopic (exact) mass is 321 g/mol. The Labute approximate surface area is 120 Å². The first-order valence-electron chi connectivity index (χ1n) is 5.98. The zero-order valence-corrected chi connectivity index (χ0v) is 12.0. The van der Waals surface area contributed by atoms with E-state index < -0.39 is 27.6 Å². The van der Waals surface area contributed by atoms with Crippen molar-refractivity contribution in [1.29, 1.82) is 5.26 Å². The maximum Gasteiger partial charge on any atom is 0.402 e. The molecule has 0 amide bonds. The number of alkyl halides is 3. The fraction of sp³-hybridized carbons (Fsp3) is 0.417. The molecule has 0 aromatic heterocycles. The number of nitrogen functional groups attached to an aromatic ring is 1. The minimum Gasteiger partial charge on any atom is -0.398 e. The predicted molar refractivity (Wildman–Crippen MR) is 70.7 cm³/mol.